The molecule has 1 aliphatic rings. The summed E-state index contributed by atoms with van der Waals surface area (Å²) in [5, 5.41) is 0. The molecule has 0 spiro atoms. The highest BCUT2D eigenvalue weighted by atomic mass is 79.9. The monoisotopic (exact) mass is 443 g/mol. The third kappa shape index (κ3) is 3.39. The zero-order valence-electron chi connectivity index (χ0n) is 15.7. The molecule has 6 nitrogen and oxygen atoms in total. The first-order valence-corrected chi connectivity index (χ1v) is 11.2. The number of benzene rings is 1. The Hall–Kier alpha value is -1.12. The van der Waals surface area contributed by atoms with E-state index in [-0.39, 0.29) is 16.6 Å². The summed E-state index contributed by atoms with van der Waals surface area (Å²) < 4.78 is 32.2. The number of imidazole rings is 1. The molecule has 144 valence electrons. The molecule has 8 heteroatoms. The molecule has 1 heterocycles. The maximum Gasteiger partial charge on any atom is 0.328 e. The van der Waals surface area contributed by atoms with Crippen LogP contribution in [-0.2, 0) is 24.1 Å². The van der Waals surface area contributed by atoms with Gasteiger partial charge in [0.15, 0.2) is 0 Å². The summed E-state index contributed by atoms with van der Waals surface area (Å²) in [6, 6.07) is 3.23. The lowest BCUT2D eigenvalue weighted by Gasteiger charge is -2.36. The van der Waals surface area contributed by atoms with Crippen molar-refractivity contribution >= 4 is 37.0 Å². The van der Waals surface area contributed by atoms with Gasteiger partial charge in [0, 0.05) is 24.6 Å². The Bertz CT molecular complexity index is 999. The van der Waals surface area contributed by atoms with Crippen LogP contribution in [0.4, 0.5) is 0 Å². The molecular formula is C18H26BrN3O3S. The van der Waals surface area contributed by atoms with Crippen LogP contribution in [-0.4, -0.2) is 23.6 Å². The van der Waals surface area contributed by atoms with E-state index in [1.165, 1.54) is 9.13 Å². The lowest BCUT2D eigenvalue weighted by atomic mass is 9.72. The molecule has 0 unspecified atom stereocenters. The SMILES string of the molecule is CCC1(C)CCC(NS(=O)(=O)c2cc3c(cc2Br)n(C)c(=O)n3C)CC1. The number of aryl methyl sites for hydroxylation is 2. The lowest BCUT2D eigenvalue weighted by molar-refractivity contribution is 0.187. The van der Waals surface area contributed by atoms with Gasteiger partial charge in [0.2, 0.25) is 10.0 Å². The van der Waals surface area contributed by atoms with Crippen molar-refractivity contribution in [2.24, 2.45) is 19.5 Å². The van der Waals surface area contributed by atoms with Crippen LogP contribution in [0.2, 0.25) is 0 Å². The minimum Gasteiger partial charge on any atom is -0.295 e. The van der Waals surface area contributed by atoms with Crippen LogP contribution >= 0.6 is 15.9 Å². The predicted molar refractivity (Wildman–Crippen MR) is 107 cm³/mol. The molecule has 1 aliphatic carbocycles. The van der Waals surface area contributed by atoms with Crippen LogP contribution in [0, 0.1) is 5.41 Å². The van der Waals surface area contributed by atoms with Crippen LogP contribution < -0.4 is 10.4 Å². The van der Waals surface area contributed by atoms with Gasteiger partial charge < -0.3 is 0 Å². The summed E-state index contributed by atoms with van der Waals surface area (Å²) in [6.07, 6.45) is 4.89. The first kappa shape index (κ1) is 19.6. The van der Waals surface area contributed by atoms with E-state index in [1.807, 2.05) is 0 Å². The topological polar surface area (TPSA) is 73.1 Å². The molecule has 3 rings (SSSR count). The van der Waals surface area contributed by atoms with Crippen LogP contribution in [0.15, 0.2) is 26.3 Å². The quantitative estimate of drug-likeness (QED) is 0.787. The summed E-state index contributed by atoms with van der Waals surface area (Å²) in [5.74, 6) is 0. The standard InChI is InChI=1S/C18H26BrN3O3S/c1-5-18(2)8-6-12(7-9-18)20-26(24,25)16-11-15-14(10-13(16)19)21(3)17(23)22(15)4/h10-12,20H,5-9H2,1-4H3. The van der Waals surface area contributed by atoms with Crippen molar-refractivity contribution in [2.75, 3.05) is 0 Å². The highest BCUT2D eigenvalue weighted by Gasteiger charge is 2.32. The van der Waals surface area contributed by atoms with Gasteiger partial charge in [0.25, 0.3) is 0 Å². The number of nitrogens with zero attached hydrogens (tertiary/aromatic N) is 2. The maximum atomic E-state index is 13.0. The number of nitrogens with one attached hydrogen (secondary N) is 1. The van der Waals surface area contributed by atoms with Crippen LogP contribution in [0.5, 0.6) is 0 Å². The Labute approximate surface area is 162 Å². The van der Waals surface area contributed by atoms with E-state index in [1.54, 1.807) is 26.2 Å². The van der Waals surface area contributed by atoms with Gasteiger partial charge in [-0.25, -0.2) is 17.9 Å². The fraction of sp³-hybridized carbons (Fsp3) is 0.611. The molecule has 1 N–H and O–H groups in total. The van der Waals surface area contributed by atoms with Crippen molar-refractivity contribution in [3.8, 4) is 0 Å². The van der Waals surface area contributed by atoms with E-state index in [4.69, 9.17) is 0 Å². The fourth-order valence-corrected chi connectivity index (χ4v) is 6.13. The van der Waals surface area contributed by atoms with Crippen molar-refractivity contribution in [1.29, 1.82) is 0 Å². The second-order valence-electron chi connectivity index (χ2n) is 7.73. The Morgan fingerprint density at radius 3 is 2.27 bits per heavy atom. The number of fused-ring (bicyclic) bond motifs is 1. The molecule has 0 radical (unpaired) electrons. The second-order valence-corrected chi connectivity index (χ2v) is 10.3. The van der Waals surface area contributed by atoms with Gasteiger partial charge in [-0.2, -0.15) is 0 Å². The molecule has 1 aromatic heterocycles. The fourth-order valence-electron chi connectivity index (χ4n) is 3.78. The summed E-state index contributed by atoms with van der Waals surface area (Å²) >= 11 is 3.37. The zero-order chi connectivity index (χ0) is 19.3. The third-order valence-corrected chi connectivity index (χ3v) is 8.46. The van der Waals surface area contributed by atoms with Gasteiger partial charge in [-0.15, -0.1) is 0 Å². The van der Waals surface area contributed by atoms with E-state index in [2.05, 4.69) is 34.5 Å². The smallest absolute Gasteiger partial charge is 0.295 e. The van der Waals surface area contributed by atoms with Gasteiger partial charge in [0.05, 0.1) is 15.9 Å². The predicted octanol–water partition coefficient (Wildman–Crippen LogP) is 3.28. The molecule has 0 bridgehead atoms. The van der Waals surface area contributed by atoms with Gasteiger partial charge in [-0.05, 0) is 59.2 Å². The summed E-state index contributed by atoms with van der Waals surface area (Å²) in [6.45, 7) is 4.47. The summed E-state index contributed by atoms with van der Waals surface area (Å²) in [7, 11) is -0.343. The van der Waals surface area contributed by atoms with E-state index < -0.39 is 10.0 Å². The normalized spacial score (nSPS) is 24.3. The van der Waals surface area contributed by atoms with Crippen molar-refractivity contribution in [2.45, 2.75) is 56.9 Å². The van der Waals surface area contributed by atoms with Crippen LogP contribution in [0.1, 0.15) is 46.0 Å². The number of rotatable bonds is 4. The van der Waals surface area contributed by atoms with Gasteiger partial charge in [-0.1, -0.05) is 20.3 Å². The Morgan fingerprint density at radius 2 is 1.73 bits per heavy atom. The van der Waals surface area contributed by atoms with Gasteiger partial charge in [0.1, 0.15) is 0 Å². The minimum absolute atomic E-state index is 0.0400. The van der Waals surface area contributed by atoms with Crippen LogP contribution in [0.3, 0.4) is 0 Å². The van der Waals surface area contributed by atoms with Gasteiger partial charge >= 0.3 is 5.69 Å². The number of hydrogen-bond acceptors (Lipinski definition) is 3. The minimum atomic E-state index is -3.67. The zero-order valence-corrected chi connectivity index (χ0v) is 18.1. The van der Waals surface area contributed by atoms with Gasteiger partial charge in [-0.3, -0.25) is 9.13 Å². The Kier molecular flexibility index (Phi) is 5.13. The molecule has 1 fully saturated rings. The first-order valence-electron chi connectivity index (χ1n) is 8.95. The summed E-state index contributed by atoms with van der Waals surface area (Å²) in [4.78, 5) is 12.3. The maximum absolute atomic E-state index is 13.0. The average Bonchev–Trinajstić information content (AvgIpc) is 2.80. The first-order chi connectivity index (χ1) is 12.1. The molecule has 0 amide bonds. The van der Waals surface area contributed by atoms with Crippen molar-refractivity contribution in [3.63, 3.8) is 0 Å². The van der Waals surface area contributed by atoms with Crippen molar-refractivity contribution < 1.29 is 8.42 Å². The average molecular weight is 444 g/mol. The lowest BCUT2D eigenvalue weighted by Crippen LogP contribution is -2.39. The molecular weight excluding hydrogens is 418 g/mol. The molecule has 2 aromatic rings. The Balaban J connectivity index is 1.92. The van der Waals surface area contributed by atoms with Crippen molar-refractivity contribution in [1.82, 2.24) is 13.9 Å². The van der Waals surface area contributed by atoms with E-state index in [0.717, 1.165) is 32.1 Å². The van der Waals surface area contributed by atoms with Crippen LogP contribution in [0.25, 0.3) is 11.0 Å². The molecule has 1 aromatic carbocycles. The van der Waals surface area contributed by atoms with Crippen molar-refractivity contribution in [3.05, 3.63) is 27.1 Å². The highest BCUT2D eigenvalue weighted by Crippen LogP contribution is 2.39. The van der Waals surface area contributed by atoms with E-state index in [9.17, 15) is 13.2 Å². The third-order valence-electron chi connectivity index (χ3n) is 5.98. The molecule has 26 heavy (non-hydrogen) atoms. The molecule has 0 atom stereocenters. The number of hydrogen-bond donors (Lipinski definition) is 1. The summed E-state index contributed by atoms with van der Waals surface area (Å²) in [5.41, 5.74) is 1.44. The number of aromatic nitrogens is 2. The largest absolute Gasteiger partial charge is 0.328 e. The van der Waals surface area contributed by atoms with E-state index >= 15 is 0 Å². The molecule has 0 saturated heterocycles. The second kappa shape index (κ2) is 6.80. The number of sulfonamides is 1. The highest BCUT2D eigenvalue weighted by molar-refractivity contribution is 9.10. The molecule has 1 saturated carbocycles. The molecule has 0 aliphatic heterocycles. The number of halogens is 1. The Morgan fingerprint density at radius 1 is 1.19 bits per heavy atom. The van der Waals surface area contributed by atoms with E-state index in [0.29, 0.717) is 20.9 Å².